The van der Waals surface area contributed by atoms with Gasteiger partial charge in [0.25, 0.3) is 0 Å². The Morgan fingerprint density at radius 1 is 1.47 bits per heavy atom. The largest absolute Gasteiger partial charge is 0.497 e. The van der Waals surface area contributed by atoms with Gasteiger partial charge in [-0.2, -0.15) is 0 Å². The molecule has 1 N–H and O–H groups in total. The van der Waals surface area contributed by atoms with E-state index in [2.05, 4.69) is 0 Å². The average molecular weight is 233 g/mol. The number of fused-ring (bicyclic) bond motifs is 1. The summed E-state index contributed by atoms with van der Waals surface area (Å²) < 4.78 is 7.22. The van der Waals surface area contributed by atoms with Gasteiger partial charge in [-0.3, -0.25) is 4.79 Å². The van der Waals surface area contributed by atoms with E-state index in [0.717, 1.165) is 28.8 Å². The number of carbonyl (C=O) groups is 1. The number of aryl methyl sites for hydroxylation is 1. The Hall–Kier alpha value is -1.97. The summed E-state index contributed by atoms with van der Waals surface area (Å²) in [6.07, 6.45) is 1.94. The number of rotatable bonds is 4. The van der Waals surface area contributed by atoms with Crippen LogP contribution in [0, 0.1) is 0 Å². The number of hydrogen-bond acceptors (Lipinski definition) is 2. The molecule has 0 fully saturated rings. The molecule has 0 aliphatic carbocycles. The average Bonchev–Trinajstić information content (AvgIpc) is 2.66. The summed E-state index contributed by atoms with van der Waals surface area (Å²) in [5.74, 6) is -0.0686. The molecule has 2 rings (SSSR count). The van der Waals surface area contributed by atoms with Crippen molar-refractivity contribution in [3.63, 3.8) is 0 Å². The highest BCUT2D eigenvalue weighted by atomic mass is 16.5. The summed E-state index contributed by atoms with van der Waals surface area (Å²) in [7, 11) is 1.61. The van der Waals surface area contributed by atoms with Gasteiger partial charge >= 0.3 is 5.97 Å². The fraction of sp³-hybridized carbons (Fsp3) is 0.308. The van der Waals surface area contributed by atoms with E-state index in [-0.39, 0.29) is 6.42 Å². The van der Waals surface area contributed by atoms with Crippen LogP contribution in [0.3, 0.4) is 0 Å². The van der Waals surface area contributed by atoms with E-state index in [1.165, 1.54) is 0 Å². The van der Waals surface area contributed by atoms with Gasteiger partial charge in [0.2, 0.25) is 0 Å². The fourth-order valence-corrected chi connectivity index (χ4v) is 2.04. The van der Waals surface area contributed by atoms with Crippen LogP contribution in [0.1, 0.15) is 12.5 Å². The summed E-state index contributed by atoms with van der Waals surface area (Å²) in [6.45, 7) is 2.86. The molecule has 0 saturated carbocycles. The van der Waals surface area contributed by atoms with Crippen molar-refractivity contribution in [3.05, 3.63) is 30.0 Å². The SMILES string of the molecule is CCn1cc(CC(=O)O)c2cc(OC)ccc21. The summed E-state index contributed by atoms with van der Waals surface area (Å²) in [5, 5.41) is 9.85. The molecule has 17 heavy (non-hydrogen) atoms. The van der Waals surface area contributed by atoms with Crippen molar-refractivity contribution in [1.29, 1.82) is 0 Å². The van der Waals surface area contributed by atoms with Crippen LogP contribution in [0.5, 0.6) is 5.75 Å². The number of benzene rings is 1. The molecule has 0 amide bonds. The van der Waals surface area contributed by atoms with E-state index in [0.29, 0.717) is 0 Å². The van der Waals surface area contributed by atoms with Crippen LogP contribution in [0.15, 0.2) is 24.4 Å². The Balaban J connectivity index is 2.61. The van der Waals surface area contributed by atoms with E-state index >= 15 is 0 Å². The van der Waals surface area contributed by atoms with Gasteiger partial charge in [-0.15, -0.1) is 0 Å². The van der Waals surface area contributed by atoms with Gasteiger partial charge in [0.15, 0.2) is 0 Å². The molecular weight excluding hydrogens is 218 g/mol. The second kappa shape index (κ2) is 4.49. The van der Waals surface area contributed by atoms with E-state index in [4.69, 9.17) is 9.84 Å². The third-order valence-corrected chi connectivity index (χ3v) is 2.85. The first kappa shape index (κ1) is 11.5. The minimum Gasteiger partial charge on any atom is -0.497 e. The summed E-state index contributed by atoms with van der Waals surface area (Å²) >= 11 is 0. The molecule has 0 aliphatic rings. The van der Waals surface area contributed by atoms with Crippen molar-refractivity contribution in [3.8, 4) is 5.75 Å². The number of methoxy groups -OCH3 is 1. The van der Waals surface area contributed by atoms with Crippen molar-refractivity contribution in [2.45, 2.75) is 19.9 Å². The molecule has 4 heteroatoms. The fourth-order valence-electron chi connectivity index (χ4n) is 2.04. The summed E-state index contributed by atoms with van der Waals surface area (Å²) in [4.78, 5) is 10.8. The van der Waals surface area contributed by atoms with Gasteiger partial charge in [0, 0.05) is 23.6 Å². The second-order valence-corrected chi connectivity index (χ2v) is 3.89. The molecule has 4 nitrogen and oxygen atoms in total. The first-order valence-electron chi connectivity index (χ1n) is 5.53. The molecule has 0 atom stereocenters. The predicted molar refractivity (Wildman–Crippen MR) is 65.5 cm³/mol. The Kier molecular flexibility index (Phi) is 3.04. The molecule has 0 spiro atoms. The first-order chi connectivity index (χ1) is 8.15. The second-order valence-electron chi connectivity index (χ2n) is 3.89. The van der Waals surface area contributed by atoms with Gasteiger partial charge in [0.1, 0.15) is 5.75 Å². The third kappa shape index (κ3) is 2.11. The predicted octanol–water partition coefficient (Wildman–Crippen LogP) is 2.30. The quantitative estimate of drug-likeness (QED) is 0.881. The highest BCUT2D eigenvalue weighted by molar-refractivity contribution is 5.88. The lowest BCUT2D eigenvalue weighted by Gasteiger charge is -2.02. The van der Waals surface area contributed by atoms with Gasteiger partial charge in [-0.1, -0.05) is 0 Å². The zero-order valence-corrected chi connectivity index (χ0v) is 9.93. The molecule has 1 aromatic heterocycles. The van der Waals surface area contributed by atoms with E-state index < -0.39 is 5.97 Å². The van der Waals surface area contributed by atoms with Crippen LogP contribution in [-0.4, -0.2) is 22.8 Å². The molecule has 0 aliphatic heterocycles. The van der Waals surface area contributed by atoms with Crippen LogP contribution in [0.4, 0.5) is 0 Å². The Labute approximate surface area is 99.4 Å². The molecule has 1 aromatic carbocycles. The summed E-state index contributed by atoms with van der Waals surface area (Å²) in [6, 6.07) is 5.74. The third-order valence-electron chi connectivity index (χ3n) is 2.85. The smallest absolute Gasteiger partial charge is 0.307 e. The lowest BCUT2D eigenvalue weighted by Crippen LogP contribution is -1.99. The molecule has 2 aromatic rings. The van der Waals surface area contributed by atoms with E-state index in [9.17, 15) is 4.79 Å². The van der Waals surface area contributed by atoms with Crippen molar-refractivity contribution >= 4 is 16.9 Å². The topological polar surface area (TPSA) is 51.5 Å². The van der Waals surface area contributed by atoms with Gasteiger partial charge in [0.05, 0.1) is 13.5 Å². The van der Waals surface area contributed by atoms with Crippen molar-refractivity contribution in [1.82, 2.24) is 4.57 Å². The van der Waals surface area contributed by atoms with Crippen LogP contribution < -0.4 is 4.74 Å². The lowest BCUT2D eigenvalue weighted by molar-refractivity contribution is -0.136. The molecule has 90 valence electrons. The van der Waals surface area contributed by atoms with E-state index in [1.54, 1.807) is 7.11 Å². The van der Waals surface area contributed by atoms with Crippen molar-refractivity contribution in [2.75, 3.05) is 7.11 Å². The number of carboxylic acid groups (broad SMARTS) is 1. The maximum Gasteiger partial charge on any atom is 0.307 e. The molecule has 0 bridgehead atoms. The highest BCUT2D eigenvalue weighted by Crippen LogP contribution is 2.26. The summed E-state index contributed by atoms with van der Waals surface area (Å²) in [5.41, 5.74) is 1.87. The standard InChI is InChI=1S/C13H15NO3/c1-3-14-8-9(6-13(15)16)11-7-10(17-2)4-5-12(11)14/h4-5,7-8H,3,6H2,1-2H3,(H,15,16). The van der Waals surface area contributed by atoms with Gasteiger partial charge in [-0.25, -0.2) is 0 Å². The molecular formula is C13H15NO3. The zero-order valence-electron chi connectivity index (χ0n) is 9.93. The van der Waals surface area contributed by atoms with Gasteiger partial charge < -0.3 is 14.4 Å². The molecule has 1 heterocycles. The van der Waals surface area contributed by atoms with Crippen LogP contribution >= 0.6 is 0 Å². The number of nitrogens with zero attached hydrogens (tertiary/aromatic N) is 1. The van der Waals surface area contributed by atoms with Crippen LogP contribution in [-0.2, 0) is 17.8 Å². The Bertz CT molecular complexity index is 557. The number of aliphatic carboxylic acids is 1. The van der Waals surface area contributed by atoms with Crippen molar-refractivity contribution < 1.29 is 14.6 Å². The highest BCUT2D eigenvalue weighted by Gasteiger charge is 2.11. The number of hydrogen-bond donors (Lipinski definition) is 1. The van der Waals surface area contributed by atoms with Crippen LogP contribution in [0.25, 0.3) is 10.9 Å². The van der Waals surface area contributed by atoms with Gasteiger partial charge in [-0.05, 0) is 30.7 Å². The Morgan fingerprint density at radius 3 is 2.82 bits per heavy atom. The first-order valence-corrected chi connectivity index (χ1v) is 5.53. The molecule has 0 radical (unpaired) electrons. The minimum absolute atomic E-state index is 0.0384. The zero-order chi connectivity index (χ0) is 12.4. The maximum absolute atomic E-state index is 10.8. The minimum atomic E-state index is -0.817. The van der Waals surface area contributed by atoms with Crippen molar-refractivity contribution in [2.24, 2.45) is 0 Å². The normalized spacial score (nSPS) is 10.7. The monoisotopic (exact) mass is 233 g/mol. The number of carboxylic acids is 1. The number of aromatic nitrogens is 1. The molecule has 0 unspecified atom stereocenters. The number of ether oxygens (including phenoxy) is 1. The van der Waals surface area contributed by atoms with Crippen LogP contribution in [0.2, 0.25) is 0 Å². The maximum atomic E-state index is 10.8. The molecule has 0 saturated heterocycles. The Morgan fingerprint density at radius 2 is 2.24 bits per heavy atom. The van der Waals surface area contributed by atoms with E-state index in [1.807, 2.05) is 35.9 Å². The lowest BCUT2D eigenvalue weighted by atomic mass is 10.1.